The Morgan fingerprint density at radius 2 is 2.25 bits per heavy atom. The van der Waals surface area contributed by atoms with E-state index < -0.39 is 0 Å². The number of phenolic OH excluding ortho intramolecular Hbond substituents is 1. The molecule has 1 aromatic carbocycles. The van der Waals surface area contributed by atoms with Crippen molar-refractivity contribution in [3.05, 3.63) is 23.8 Å². The third-order valence-corrected chi connectivity index (χ3v) is 1.63. The first kappa shape index (κ1) is 8.87. The van der Waals surface area contributed by atoms with Crippen molar-refractivity contribution in [1.29, 1.82) is 0 Å². The average molecular weight is 167 g/mol. The zero-order chi connectivity index (χ0) is 8.97. The van der Waals surface area contributed by atoms with Crippen LogP contribution in [0, 0.1) is 6.92 Å². The summed E-state index contributed by atoms with van der Waals surface area (Å²) >= 11 is 0. The van der Waals surface area contributed by atoms with Crippen LogP contribution in [-0.2, 0) is 0 Å². The lowest BCUT2D eigenvalue weighted by molar-refractivity contribution is 0.323. The summed E-state index contributed by atoms with van der Waals surface area (Å²) < 4.78 is 5.28. The van der Waals surface area contributed by atoms with Crippen molar-refractivity contribution in [3.8, 4) is 11.5 Å². The summed E-state index contributed by atoms with van der Waals surface area (Å²) in [5, 5.41) is 9.29. The quantitative estimate of drug-likeness (QED) is 0.707. The topological polar surface area (TPSA) is 55.5 Å². The van der Waals surface area contributed by atoms with E-state index in [0.29, 0.717) is 18.9 Å². The van der Waals surface area contributed by atoms with Gasteiger partial charge in [0.25, 0.3) is 0 Å². The first-order valence-electron chi connectivity index (χ1n) is 3.87. The van der Waals surface area contributed by atoms with Gasteiger partial charge in [-0.25, -0.2) is 0 Å². The molecule has 1 aromatic rings. The number of benzene rings is 1. The van der Waals surface area contributed by atoms with Crippen molar-refractivity contribution < 1.29 is 9.84 Å². The lowest BCUT2D eigenvalue weighted by Gasteiger charge is -2.08. The van der Waals surface area contributed by atoms with Crippen molar-refractivity contribution >= 4 is 0 Å². The van der Waals surface area contributed by atoms with Crippen LogP contribution in [0.1, 0.15) is 5.56 Å². The fourth-order valence-electron chi connectivity index (χ4n) is 0.928. The number of ether oxygens (including phenoxy) is 1. The fourth-order valence-corrected chi connectivity index (χ4v) is 0.928. The average Bonchev–Trinajstić information content (AvgIpc) is 2.08. The molecule has 0 saturated heterocycles. The molecule has 0 aromatic heterocycles. The minimum Gasteiger partial charge on any atom is -0.508 e. The van der Waals surface area contributed by atoms with Crippen molar-refractivity contribution in [1.82, 2.24) is 0 Å². The summed E-state index contributed by atoms with van der Waals surface area (Å²) in [5.41, 5.74) is 6.03. The van der Waals surface area contributed by atoms with Crippen LogP contribution < -0.4 is 10.5 Å². The van der Waals surface area contributed by atoms with Crippen LogP contribution in [0.25, 0.3) is 0 Å². The highest BCUT2D eigenvalue weighted by atomic mass is 16.5. The van der Waals surface area contributed by atoms with Crippen molar-refractivity contribution in [3.63, 3.8) is 0 Å². The van der Waals surface area contributed by atoms with Gasteiger partial charge in [-0.15, -0.1) is 0 Å². The monoisotopic (exact) mass is 167 g/mol. The van der Waals surface area contributed by atoms with Gasteiger partial charge < -0.3 is 15.6 Å². The molecule has 0 saturated carbocycles. The van der Waals surface area contributed by atoms with Gasteiger partial charge in [-0.3, -0.25) is 0 Å². The van der Waals surface area contributed by atoms with E-state index in [-0.39, 0.29) is 5.75 Å². The van der Waals surface area contributed by atoms with E-state index in [0.717, 1.165) is 5.56 Å². The highest BCUT2D eigenvalue weighted by Crippen LogP contribution is 2.25. The SMILES string of the molecule is Cc1c(O)cccc1OCCN. The molecule has 0 aliphatic heterocycles. The second kappa shape index (κ2) is 3.97. The lowest BCUT2D eigenvalue weighted by atomic mass is 10.2. The van der Waals surface area contributed by atoms with E-state index in [1.165, 1.54) is 0 Å². The Bertz CT molecular complexity index is 261. The maximum atomic E-state index is 9.29. The number of hydrogen-bond acceptors (Lipinski definition) is 3. The number of hydrogen-bond donors (Lipinski definition) is 2. The zero-order valence-electron chi connectivity index (χ0n) is 7.08. The first-order valence-corrected chi connectivity index (χ1v) is 3.87. The highest BCUT2D eigenvalue weighted by molar-refractivity contribution is 5.42. The van der Waals surface area contributed by atoms with E-state index in [1.54, 1.807) is 19.1 Å². The summed E-state index contributed by atoms with van der Waals surface area (Å²) in [6, 6.07) is 5.18. The van der Waals surface area contributed by atoms with E-state index >= 15 is 0 Å². The molecule has 1 rings (SSSR count). The van der Waals surface area contributed by atoms with Gasteiger partial charge in [0, 0.05) is 12.1 Å². The van der Waals surface area contributed by atoms with Crippen LogP contribution in [0.15, 0.2) is 18.2 Å². The molecule has 0 radical (unpaired) electrons. The smallest absolute Gasteiger partial charge is 0.125 e. The van der Waals surface area contributed by atoms with Gasteiger partial charge in [-0.2, -0.15) is 0 Å². The molecule has 0 spiro atoms. The van der Waals surface area contributed by atoms with Gasteiger partial charge >= 0.3 is 0 Å². The van der Waals surface area contributed by atoms with Gasteiger partial charge in [-0.05, 0) is 19.1 Å². The number of rotatable bonds is 3. The molecule has 0 atom stereocenters. The summed E-state index contributed by atoms with van der Waals surface area (Å²) in [6.07, 6.45) is 0. The molecule has 0 bridgehead atoms. The zero-order valence-corrected chi connectivity index (χ0v) is 7.08. The van der Waals surface area contributed by atoms with Crippen LogP contribution in [0.4, 0.5) is 0 Å². The van der Waals surface area contributed by atoms with E-state index in [9.17, 15) is 5.11 Å². The van der Waals surface area contributed by atoms with Gasteiger partial charge in [0.05, 0.1) is 0 Å². The maximum Gasteiger partial charge on any atom is 0.125 e. The molecular formula is C9H13NO2. The van der Waals surface area contributed by atoms with Crippen molar-refractivity contribution in [2.75, 3.05) is 13.2 Å². The van der Waals surface area contributed by atoms with Crippen LogP contribution >= 0.6 is 0 Å². The van der Waals surface area contributed by atoms with Gasteiger partial charge in [-0.1, -0.05) is 6.07 Å². The Morgan fingerprint density at radius 1 is 1.50 bits per heavy atom. The predicted molar refractivity (Wildman–Crippen MR) is 47.4 cm³/mol. The van der Waals surface area contributed by atoms with Crippen LogP contribution in [0.3, 0.4) is 0 Å². The van der Waals surface area contributed by atoms with E-state index in [2.05, 4.69) is 0 Å². The molecule has 3 N–H and O–H groups in total. The Hall–Kier alpha value is -1.22. The van der Waals surface area contributed by atoms with Gasteiger partial charge in [0.15, 0.2) is 0 Å². The van der Waals surface area contributed by atoms with Gasteiger partial charge in [0.1, 0.15) is 18.1 Å². The molecule has 0 unspecified atom stereocenters. The minimum absolute atomic E-state index is 0.254. The molecule has 0 aliphatic carbocycles. The minimum atomic E-state index is 0.254. The third kappa shape index (κ3) is 1.89. The molecule has 3 nitrogen and oxygen atoms in total. The molecule has 0 amide bonds. The van der Waals surface area contributed by atoms with Gasteiger partial charge in [0.2, 0.25) is 0 Å². The van der Waals surface area contributed by atoms with Crippen LogP contribution in [0.2, 0.25) is 0 Å². The molecule has 0 fully saturated rings. The Balaban J connectivity index is 2.78. The van der Waals surface area contributed by atoms with Crippen LogP contribution in [0.5, 0.6) is 11.5 Å². The van der Waals surface area contributed by atoms with E-state index in [4.69, 9.17) is 10.5 Å². The van der Waals surface area contributed by atoms with Crippen LogP contribution in [-0.4, -0.2) is 18.3 Å². The molecule has 0 heterocycles. The maximum absolute atomic E-state index is 9.29. The second-order valence-electron chi connectivity index (χ2n) is 2.54. The normalized spacial score (nSPS) is 9.83. The number of aromatic hydroxyl groups is 1. The molecule has 66 valence electrons. The number of phenols is 1. The first-order chi connectivity index (χ1) is 5.75. The molecule has 3 heteroatoms. The number of nitrogens with two attached hydrogens (primary N) is 1. The Kier molecular flexibility index (Phi) is 2.94. The molecule has 0 aliphatic rings. The lowest BCUT2D eigenvalue weighted by Crippen LogP contribution is -2.11. The standard InChI is InChI=1S/C9H13NO2/c1-7-8(11)3-2-4-9(7)12-6-5-10/h2-4,11H,5-6,10H2,1H3. The van der Waals surface area contributed by atoms with Crippen molar-refractivity contribution in [2.45, 2.75) is 6.92 Å². The van der Waals surface area contributed by atoms with E-state index in [1.807, 2.05) is 6.07 Å². The summed E-state index contributed by atoms with van der Waals surface area (Å²) in [6.45, 7) is 2.76. The summed E-state index contributed by atoms with van der Waals surface area (Å²) in [5.74, 6) is 0.949. The summed E-state index contributed by atoms with van der Waals surface area (Å²) in [4.78, 5) is 0. The largest absolute Gasteiger partial charge is 0.508 e. The molecular weight excluding hydrogens is 154 g/mol. The highest BCUT2D eigenvalue weighted by Gasteiger charge is 2.01. The predicted octanol–water partition coefficient (Wildman–Crippen LogP) is 1.04. The fraction of sp³-hybridized carbons (Fsp3) is 0.333. The summed E-state index contributed by atoms with van der Waals surface area (Å²) in [7, 11) is 0. The Morgan fingerprint density at radius 3 is 2.92 bits per heavy atom. The van der Waals surface area contributed by atoms with Crippen molar-refractivity contribution in [2.24, 2.45) is 5.73 Å². The Labute approximate surface area is 71.8 Å². The third-order valence-electron chi connectivity index (χ3n) is 1.63. The molecule has 12 heavy (non-hydrogen) atoms. The second-order valence-corrected chi connectivity index (χ2v) is 2.54.